The third-order valence-corrected chi connectivity index (χ3v) is 9.42. The van der Waals surface area contributed by atoms with Gasteiger partial charge < -0.3 is 58.7 Å². The molecule has 0 aliphatic carbocycles. The van der Waals surface area contributed by atoms with Gasteiger partial charge in [-0.05, 0) is 60.7 Å². The van der Waals surface area contributed by atoms with Crippen molar-refractivity contribution in [2.45, 2.75) is 7.43 Å². The third kappa shape index (κ3) is 10.9. The summed E-state index contributed by atoms with van der Waals surface area (Å²) in [6.07, 6.45) is 2.99. The quantitative estimate of drug-likeness (QED) is 0.0960. The maximum absolute atomic E-state index is 12.8. The second-order valence-electron chi connectivity index (χ2n) is 13.9. The van der Waals surface area contributed by atoms with Crippen LogP contribution in [-0.4, -0.2) is 89.3 Å². The molecule has 0 radical (unpaired) electrons. The summed E-state index contributed by atoms with van der Waals surface area (Å²) >= 11 is 0. The number of carboxylic acid groups (broad SMARTS) is 1. The van der Waals surface area contributed by atoms with Crippen LogP contribution in [-0.2, 0) is 0 Å². The smallest absolute Gasteiger partial charge is 0.339 e. The Morgan fingerprint density at radius 2 is 1.07 bits per heavy atom. The number of amides is 3. The Kier molecular flexibility index (Phi) is 14.4. The van der Waals surface area contributed by atoms with E-state index >= 15 is 0 Å². The van der Waals surface area contributed by atoms with Gasteiger partial charge in [0, 0.05) is 50.8 Å². The fourth-order valence-corrected chi connectivity index (χ4v) is 6.39. The van der Waals surface area contributed by atoms with Crippen LogP contribution in [0, 0.1) is 0 Å². The molecule has 68 heavy (non-hydrogen) atoms. The lowest BCUT2D eigenvalue weighted by Gasteiger charge is -2.20. The van der Waals surface area contributed by atoms with Crippen LogP contribution in [0.15, 0.2) is 118 Å². The molecular weight excluding hydrogens is 885 g/mol. The van der Waals surface area contributed by atoms with Crippen molar-refractivity contribution in [2.24, 2.45) is 0 Å². The predicted molar refractivity (Wildman–Crippen MR) is 244 cm³/mol. The Morgan fingerprint density at radius 3 is 1.62 bits per heavy atom. The first-order chi connectivity index (χ1) is 32.5. The topological polar surface area (TPSA) is 284 Å². The standard InChI is InChI=1S/C23H18N4O6.C14H12N4O3.C9H8O4.CH4/c1-24-22(29)17-11-14(7-8-25-17)32-13-5-6-16-19(12-13)33-23(26-16)27-21(28)15-3-2-4-18-20(15)31-10-9-30-18;1-16-13(19)11-6-9(4-5-17-11)20-8-2-3-10-12(7-8)21-14(15)18-10;10-9(11)6-2-1-3-7-8(6)13-5-4-12-7;/h2-8,11-12H,9-10H2,1H3,(H,24,29)(H,26,27,28);2-7H,1H3,(H2,15,18)(H,16,19);1-3H,4-5H2,(H,10,11);1H4. The molecule has 2 aliphatic rings. The summed E-state index contributed by atoms with van der Waals surface area (Å²) in [5.74, 6) is 1.67. The van der Waals surface area contributed by atoms with E-state index in [0.29, 0.717) is 100 Å². The molecule has 348 valence electrons. The fraction of sp³-hybridized carbons (Fsp3) is 0.149. The molecule has 0 bridgehead atoms. The van der Waals surface area contributed by atoms with E-state index in [1.165, 1.54) is 31.6 Å². The number of aromatic nitrogens is 4. The summed E-state index contributed by atoms with van der Waals surface area (Å²) in [7, 11) is 3.07. The molecule has 0 spiro atoms. The van der Waals surface area contributed by atoms with Crippen molar-refractivity contribution in [3.63, 3.8) is 0 Å². The molecule has 6 heterocycles. The lowest BCUT2D eigenvalue weighted by atomic mass is 10.1. The molecule has 0 saturated heterocycles. The number of ether oxygens (including phenoxy) is 6. The molecule has 0 unspecified atom stereocenters. The Bertz CT molecular complexity index is 3140. The molecule has 21 nitrogen and oxygen atoms in total. The molecule has 0 saturated carbocycles. The predicted octanol–water partition coefficient (Wildman–Crippen LogP) is 7.15. The van der Waals surface area contributed by atoms with Gasteiger partial charge in [-0.1, -0.05) is 19.6 Å². The zero-order valence-corrected chi connectivity index (χ0v) is 35.4. The molecule has 2 aliphatic heterocycles. The molecule has 3 amide bonds. The molecule has 8 aromatic rings. The minimum absolute atomic E-state index is 0. The maximum Gasteiger partial charge on any atom is 0.339 e. The number of nitrogens with two attached hydrogens (primary N) is 1. The van der Waals surface area contributed by atoms with E-state index in [-0.39, 0.29) is 48.2 Å². The highest BCUT2D eigenvalue weighted by molar-refractivity contribution is 6.06. The number of carbonyl (C=O) groups excluding carboxylic acids is 3. The number of fused-ring (bicyclic) bond motifs is 4. The van der Waals surface area contributed by atoms with Crippen molar-refractivity contribution in [3.05, 3.63) is 132 Å². The maximum atomic E-state index is 12.8. The Balaban J connectivity index is 0.000000167. The summed E-state index contributed by atoms with van der Waals surface area (Å²) in [6, 6.07) is 26.6. The number of benzene rings is 4. The lowest BCUT2D eigenvalue weighted by Crippen LogP contribution is -2.20. The third-order valence-electron chi connectivity index (χ3n) is 9.42. The molecule has 4 aromatic heterocycles. The number of hydrogen-bond acceptors (Lipinski definition) is 17. The highest BCUT2D eigenvalue weighted by atomic mass is 16.6. The average molecular weight is 927 g/mol. The van der Waals surface area contributed by atoms with E-state index in [9.17, 15) is 19.2 Å². The van der Waals surface area contributed by atoms with E-state index in [4.69, 9.17) is 48.1 Å². The highest BCUT2D eigenvalue weighted by Gasteiger charge is 2.23. The number of aromatic carboxylic acids is 1. The van der Waals surface area contributed by atoms with Gasteiger partial charge >= 0.3 is 12.0 Å². The van der Waals surface area contributed by atoms with Gasteiger partial charge in [0.2, 0.25) is 0 Å². The van der Waals surface area contributed by atoms with E-state index in [1.54, 1.807) is 92.0 Å². The number of carboxylic acids is 1. The van der Waals surface area contributed by atoms with E-state index in [0.717, 1.165) is 0 Å². The average Bonchev–Trinajstić information content (AvgIpc) is 3.94. The van der Waals surface area contributed by atoms with Crippen molar-refractivity contribution in [2.75, 3.05) is 51.6 Å². The minimum Gasteiger partial charge on any atom is -0.486 e. The Morgan fingerprint density at radius 1 is 0.588 bits per heavy atom. The van der Waals surface area contributed by atoms with Crippen molar-refractivity contribution >= 4 is 57.9 Å². The summed E-state index contributed by atoms with van der Waals surface area (Å²) in [5, 5.41) is 16.5. The van der Waals surface area contributed by atoms with E-state index in [1.807, 2.05) is 0 Å². The SMILES string of the molecule is C.CNC(=O)c1cc(Oc2ccc3nc(N)oc3c2)ccn1.CNC(=O)c1cc(Oc2ccc3nc(NC(=O)c4cccc5c4OCCO5)oc3c2)ccn1.O=C(O)c1cccc2c1OCCO2. The number of para-hydroxylation sites is 2. The molecule has 0 fully saturated rings. The van der Waals surface area contributed by atoms with E-state index in [2.05, 4.69) is 35.9 Å². The zero-order valence-electron chi connectivity index (χ0n) is 35.4. The van der Waals surface area contributed by atoms with Gasteiger partial charge in [0.05, 0.1) is 5.56 Å². The van der Waals surface area contributed by atoms with Crippen LogP contribution < -0.4 is 50.1 Å². The normalized spacial score (nSPS) is 11.9. The van der Waals surface area contributed by atoms with Crippen molar-refractivity contribution in [1.29, 1.82) is 0 Å². The second-order valence-corrected chi connectivity index (χ2v) is 13.9. The second kappa shape index (κ2) is 21.1. The van der Waals surface area contributed by atoms with Crippen molar-refractivity contribution < 1.29 is 61.5 Å². The van der Waals surface area contributed by atoms with Crippen LogP contribution in [0.4, 0.5) is 12.0 Å². The number of carbonyl (C=O) groups is 4. The van der Waals surface area contributed by atoms with Gasteiger partial charge in [0.1, 0.15) is 77.4 Å². The summed E-state index contributed by atoms with van der Waals surface area (Å²) in [5.41, 5.74) is 8.61. The number of pyridine rings is 2. The van der Waals surface area contributed by atoms with Crippen LogP contribution in [0.1, 0.15) is 49.1 Å². The van der Waals surface area contributed by atoms with Gasteiger partial charge in [0.15, 0.2) is 34.2 Å². The number of oxazole rings is 2. The molecule has 6 N–H and O–H groups in total. The summed E-state index contributed by atoms with van der Waals surface area (Å²) in [4.78, 5) is 63.1. The van der Waals surface area contributed by atoms with Crippen molar-refractivity contribution in [1.82, 2.24) is 30.6 Å². The molecule has 21 heteroatoms. The molecular formula is C47H42N8O13. The summed E-state index contributed by atoms with van der Waals surface area (Å²) < 4.78 is 44.0. The van der Waals surface area contributed by atoms with Gasteiger partial charge in [0.25, 0.3) is 23.7 Å². The number of nitrogen functional groups attached to an aromatic ring is 1. The molecule has 0 atom stereocenters. The highest BCUT2D eigenvalue weighted by Crippen LogP contribution is 2.35. The van der Waals surface area contributed by atoms with Gasteiger partial charge in [-0.3, -0.25) is 29.7 Å². The van der Waals surface area contributed by atoms with Gasteiger partial charge in [-0.2, -0.15) is 9.97 Å². The first-order valence-electron chi connectivity index (χ1n) is 20.2. The Hall–Kier alpha value is -9.40. The Labute approximate surface area is 386 Å². The number of rotatable bonds is 9. The van der Waals surface area contributed by atoms with E-state index < -0.39 is 11.9 Å². The minimum atomic E-state index is -0.998. The largest absolute Gasteiger partial charge is 0.486 e. The number of anilines is 2. The van der Waals surface area contributed by atoms with Crippen LogP contribution in [0.3, 0.4) is 0 Å². The van der Waals surface area contributed by atoms with Crippen molar-refractivity contribution in [3.8, 4) is 46.0 Å². The number of nitrogens with one attached hydrogen (secondary N) is 3. The van der Waals surface area contributed by atoms with Crippen LogP contribution in [0.2, 0.25) is 0 Å². The zero-order chi connectivity index (χ0) is 46.9. The first-order valence-corrected chi connectivity index (χ1v) is 20.2. The molecule has 10 rings (SSSR count). The number of nitrogens with zero attached hydrogens (tertiary/aromatic N) is 4. The van der Waals surface area contributed by atoms with Crippen LogP contribution in [0.5, 0.6) is 46.0 Å². The molecule has 4 aromatic carbocycles. The van der Waals surface area contributed by atoms with Crippen LogP contribution >= 0.6 is 0 Å². The van der Waals surface area contributed by atoms with Crippen LogP contribution in [0.25, 0.3) is 22.2 Å². The first kappa shape index (κ1) is 46.6. The fourth-order valence-electron chi connectivity index (χ4n) is 6.39. The van der Waals surface area contributed by atoms with Gasteiger partial charge in [-0.25, -0.2) is 4.79 Å². The number of hydrogen-bond donors (Lipinski definition) is 5. The lowest BCUT2D eigenvalue weighted by molar-refractivity contribution is 0.0685. The van der Waals surface area contributed by atoms with Gasteiger partial charge in [-0.15, -0.1) is 0 Å². The monoisotopic (exact) mass is 926 g/mol. The summed E-state index contributed by atoms with van der Waals surface area (Å²) in [6.45, 7) is 1.67.